The van der Waals surface area contributed by atoms with Crippen molar-refractivity contribution in [3.63, 3.8) is 0 Å². The lowest BCUT2D eigenvalue weighted by atomic mass is 10.5. The van der Waals surface area contributed by atoms with Crippen LogP contribution in [0, 0.1) is 0 Å². The van der Waals surface area contributed by atoms with Gasteiger partial charge in [-0.1, -0.05) is 0 Å². The first-order chi connectivity index (χ1) is 6.25. The molecule has 1 N–H and O–H groups in total. The predicted molar refractivity (Wildman–Crippen MR) is 56.6 cm³/mol. The molecule has 0 saturated heterocycles. The maximum absolute atomic E-state index is 12.0. The van der Waals surface area contributed by atoms with E-state index in [9.17, 15) is 9.67 Å². The zero-order chi connectivity index (χ0) is 11.4. The van der Waals surface area contributed by atoms with Crippen molar-refractivity contribution in [2.45, 2.75) is 52.9 Å². The lowest BCUT2D eigenvalue weighted by molar-refractivity contribution is 0.129. The lowest BCUT2D eigenvalue weighted by Crippen LogP contribution is -2.16. The van der Waals surface area contributed by atoms with E-state index in [0.29, 0.717) is 0 Å². The largest absolute Gasteiger partial charge is 0.393 e. The average Bonchev–Trinajstić information content (AvgIpc) is 1.76. The Bertz CT molecular complexity index is 168. The number of rotatable bonds is 6. The molecule has 0 unspecified atom stereocenters. The number of hydrogen-bond donors (Lipinski definition) is 1. The van der Waals surface area contributed by atoms with Gasteiger partial charge in [0.15, 0.2) is 0 Å². The summed E-state index contributed by atoms with van der Waals surface area (Å²) in [6.07, 6.45) is -0.974. The monoisotopic (exact) mass is 224 g/mol. The van der Waals surface area contributed by atoms with Crippen LogP contribution in [-0.4, -0.2) is 29.6 Å². The Kier molecular flexibility index (Phi) is 5.91. The minimum Gasteiger partial charge on any atom is -0.393 e. The van der Waals surface area contributed by atoms with Crippen molar-refractivity contribution >= 4 is 7.60 Å². The molecule has 0 heterocycles. The molecule has 0 aromatic carbocycles. The second kappa shape index (κ2) is 5.86. The molecular formula is C9H21O4P. The molecule has 1 atom stereocenters. The summed E-state index contributed by atoms with van der Waals surface area (Å²) in [5.74, 6) is 0. The average molecular weight is 224 g/mol. The minimum absolute atomic E-state index is 0.0450. The number of aliphatic hydroxyl groups is 1. The highest BCUT2D eigenvalue weighted by atomic mass is 31.2. The normalized spacial score (nSPS) is 15.1. The molecule has 0 fully saturated rings. The molecule has 0 aliphatic rings. The molecular weight excluding hydrogens is 203 g/mol. The van der Waals surface area contributed by atoms with Gasteiger partial charge in [0, 0.05) is 0 Å². The highest BCUT2D eigenvalue weighted by molar-refractivity contribution is 7.53. The van der Waals surface area contributed by atoms with Gasteiger partial charge >= 0.3 is 7.60 Å². The maximum Gasteiger partial charge on any atom is 0.333 e. The Hall–Kier alpha value is 0.110. The van der Waals surface area contributed by atoms with E-state index in [1.165, 1.54) is 0 Å². The van der Waals surface area contributed by atoms with Crippen molar-refractivity contribution in [1.29, 1.82) is 0 Å². The van der Waals surface area contributed by atoms with Gasteiger partial charge in [0.1, 0.15) is 0 Å². The van der Waals surface area contributed by atoms with Crippen molar-refractivity contribution in [3.8, 4) is 0 Å². The van der Waals surface area contributed by atoms with Crippen LogP contribution in [0.1, 0.15) is 34.6 Å². The quantitative estimate of drug-likeness (QED) is 0.704. The molecule has 0 aliphatic carbocycles. The van der Waals surface area contributed by atoms with Crippen LogP contribution in [0.4, 0.5) is 0 Å². The summed E-state index contributed by atoms with van der Waals surface area (Å²) in [4.78, 5) is 0. The third-order valence-corrected chi connectivity index (χ3v) is 3.69. The van der Waals surface area contributed by atoms with Crippen molar-refractivity contribution in [2.75, 3.05) is 6.16 Å². The van der Waals surface area contributed by atoms with Gasteiger partial charge in [-0.2, -0.15) is 0 Å². The molecule has 86 valence electrons. The zero-order valence-corrected chi connectivity index (χ0v) is 10.5. The molecule has 0 aliphatic heterocycles. The minimum atomic E-state index is -3.14. The Labute approximate surface area is 86.1 Å². The Morgan fingerprint density at radius 1 is 1.07 bits per heavy atom. The summed E-state index contributed by atoms with van der Waals surface area (Å²) in [6.45, 7) is 8.73. The molecule has 4 nitrogen and oxygen atoms in total. The van der Waals surface area contributed by atoms with Gasteiger partial charge in [-0.25, -0.2) is 0 Å². The fourth-order valence-electron chi connectivity index (χ4n) is 1.08. The second-order valence-corrected chi connectivity index (χ2v) is 5.96. The summed E-state index contributed by atoms with van der Waals surface area (Å²) in [5, 5.41) is 9.18. The van der Waals surface area contributed by atoms with Crippen LogP contribution in [0.25, 0.3) is 0 Å². The van der Waals surface area contributed by atoms with E-state index in [-0.39, 0.29) is 18.4 Å². The SMILES string of the molecule is CC(C)OP(=O)(C[C@H](C)O)OC(C)C. The molecule has 5 heteroatoms. The third kappa shape index (κ3) is 6.55. The van der Waals surface area contributed by atoms with E-state index >= 15 is 0 Å². The molecule has 0 bridgehead atoms. The number of aliphatic hydroxyl groups excluding tert-OH is 1. The Morgan fingerprint density at radius 3 is 1.64 bits per heavy atom. The van der Waals surface area contributed by atoms with Gasteiger partial charge < -0.3 is 14.2 Å². The van der Waals surface area contributed by atoms with Crippen LogP contribution in [-0.2, 0) is 13.6 Å². The predicted octanol–water partition coefficient (Wildman–Crippen LogP) is 2.41. The van der Waals surface area contributed by atoms with Gasteiger partial charge in [0.2, 0.25) is 0 Å². The summed E-state index contributed by atoms with van der Waals surface area (Å²) in [7, 11) is -3.14. The zero-order valence-electron chi connectivity index (χ0n) is 9.56. The Morgan fingerprint density at radius 2 is 1.43 bits per heavy atom. The fraction of sp³-hybridized carbons (Fsp3) is 1.00. The van der Waals surface area contributed by atoms with Crippen molar-refractivity contribution in [2.24, 2.45) is 0 Å². The van der Waals surface area contributed by atoms with Crippen LogP contribution < -0.4 is 0 Å². The van der Waals surface area contributed by atoms with Gasteiger partial charge in [-0.3, -0.25) is 4.57 Å². The molecule has 14 heavy (non-hydrogen) atoms. The van der Waals surface area contributed by atoms with Gasteiger partial charge in [-0.05, 0) is 34.6 Å². The van der Waals surface area contributed by atoms with Crippen molar-refractivity contribution < 1.29 is 18.7 Å². The van der Waals surface area contributed by atoms with Crippen LogP contribution in [0.5, 0.6) is 0 Å². The van der Waals surface area contributed by atoms with Crippen LogP contribution in [0.15, 0.2) is 0 Å². The first kappa shape index (κ1) is 14.1. The molecule has 0 saturated carbocycles. The Balaban J connectivity index is 4.41. The van der Waals surface area contributed by atoms with E-state index in [1.54, 1.807) is 34.6 Å². The first-order valence-corrected chi connectivity index (χ1v) is 6.62. The van der Waals surface area contributed by atoms with Gasteiger partial charge in [-0.15, -0.1) is 0 Å². The molecule has 0 rings (SSSR count). The van der Waals surface area contributed by atoms with E-state index in [2.05, 4.69) is 0 Å². The summed E-state index contributed by atoms with van der Waals surface area (Å²) in [6, 6.07) is 0. The fourth-order valence-corrected chi connectivity index (χ4v) is 3.23. The molecule has 0 spiro atoms. The first-order valence-electron chi connectivity index (χ1n) is 4.89. The third-order valence-electron chi connectivity index (χ3n) is 1.23. The molecule has 0 amide bonds. The number of hydrogen-bond acceptors (Lipinski definition) is 4. The summed E-state index contributed by atoms with van der Waals surface area (Å²) < 4.78 is 22.5. The highest BCUT2D eigenvalue weighted by Crippen LogP contribution is 2.50. The van der Waals surface area contributed by atoms with E-state index < -0.39 is 13.7 Å². The van der Waals surface area contributed by atoms with Gasteiger partial charge in [0.25, 0.3) is 0 Å². The van der Waals surface area contributed by atoms with Crippen LogP contribution in [0.3, 0.4) is 0 Å². The summed E-state index contributed by atoms with van der Waals surface area (Å²) >= 11 is 0. The lowest BCUT2D eigenvalue weighted by Gasteiger charge is -2.23. The van der Waals surface area contributed by atoms with E-state index in [1.807, 2.05) is 0 Å². The van der Waals surface area contributed by atoms with Gasteiger partial charge in [0.05, 0.1) is 24.5 Å². The molecule has 0 aromatic heterocycles. The second-order valence-electron chi connectivity index (χ2n) is 3.95. The summed E-state index contributed by atoms with van der Waals surface area (Å²) in [5.41, 5.74) is 0. The van der Waals surface area contributed by atoms with Crippen molar-refractivity contribution in [1.82, 2.24) is 0 Å². The van der Waals surface area contributed by atoms with Crippen LogP contribution >= 0.6 is 7.60 Å². The smallest absolute Gasteiger partial charge is 0.333 e. The molecule has 0 radical (unpaired) electrons. The van der Waals surface area contributed by atoms with Crippen molar-refractivity contribution in [3.05, 3.63) is 0 Å². The van der Waals surface area contributed by atoms with E-state index in [0.717, 1.165) is 0 Å². The highest BCUT2D eigenvalue weighted by Gasteiger charge is 2.29. The topological polar surface area (TPSA) is 55.8 Å². The van der Waals surface area contributed by atoms with Crippen LogP contribution in [0.2, 0.25) is 0 Å². The van der Waals surface area contributed by atoms with E-state index in [4.69, 9.17) is 9.05 Å². The maximum atomic E-state index is 12.0. The standard InChI is InChI=1S/C9H21O4P/c1-7(2)12-14(11,6-9(5)10)13-8(3)4/h7-10H,6H2,1-5H3/t9-/m0/s1. The molecule has 0 aromatic rings.